The van der Waals surface area contributed by atoms with Crippen LogP contribution in [-0.4, -0.2) is 12.5 Å². The second kappa shape index (κ2) is 6.47. The van der Waals surface area contributed by atoms with Gasteiger partial charge < -0.3 is 5.32 Å². The molecule has 0 aliphatic rings. The summed E-state index contributed by atoms with van der Waals surface area (Å²) in [6.45, 7) is 4.14. The van der Waals surface area contributed by atoms with Crippen LogP contribution in [0.1, 0.15) is 19.4 Å². The van der Waals surface area contributed by atoms with Crippen LogP contribution in [0.15, 0.2) is 42.0 Å². The molecule has 1 aromatic rings. The molecule has 0 saturated carbocycles. The first-order chi connectivity index (χ1) is 7.68. The maximum Gasteiger partial charge on any atom is 0.244 e. The largest absolute Gasteiger partial charge is 0.342 e. The smallest absolute Gasteiger partial charge is 0.244 e. The minimum atomic E-state index is -0.0950. The minimum Gasteiger partial charge on any atom is -0.342 e. The molecule has 0 saturated heterocycles. The molecule has 0 aromatic heterocycles. The van der Waals surface area contributed by atoms with Gasteiger partial charge in [0.05, 0.1) is 6.54 Å². The summed E-state index contributed by atoms with van der Waals surface area (Å²) in [4.78, 5) is 11.2. The molecule has 0 bridgehead atoms. The average Bonchev–Trinajstić information content (AvgIpc) is 2.25. The van der Waals surface area contributed by atoms with Crippen molar-refractivity contribution < 1.29 is 4.79 Å². The molecule has 0 heterocycles. The van der Waals surface area contributed by atoms with Gasteiger partial charge in [-0.3, -0.25) is 4.79 Å². The summed E-state index contributed by atoms with van der Waals surface area (Å²) in [7, 11) is 0. The highest BCUT2D eigenvalue weighted by Crippen LogP contribution is 1.94. The summed E-state index contributed by atoms with van der Waals surface area (Å²) in [6.07, 6.45) is 1.56. The predicted octanol–water partition coefficient (Wildman–Crippen LogP) is 2.12. The van der Waals surface area contributed by atoms with E-state index < -0.39 is 0 Å². The van der Waals surface area contributed by atoms with Crippen molar-refractivity contribution in [1.82, 2.24) is 5.32 Å². The van der Waals surface area contributed by atoms with Crippen LogP contribution in [0.5, 0.6) is 0 Å². The number of carbonyl (C=O) groups excluding carboxylic acids is 1. The second-order valence-electron chi connectivity index (χ2n) is 3.61. The zero-order chi connectivity index (χ0) is 11.8. The van der Waals surface area contributed by atoms with E-state index in [9.17, 15) is 4.79 Å². The predicted molar refractivity (Wildman–Crippen MR) is 65.8 cm³/mol. The molecule has 2 heteroatoms. The topological polar surface area (TPSA) is 29.1 Å². The molecular weight excluding hydrogens is 198 g/mol. The van der Waals surface area contributed by atoms with Crippen molar-refractivity contribution in [2.45, 2.75) is 13.8 Å². The fraction of sp³-hybridized carbons (Fsp3) is 0.214. The highest BCUT2D eigenvalue weighted by atomic mass is 16.1. The highest BCUT2D eigenvalue weighted by molar-refractivity contribution is 5.88. The van der Waals surface area contributed by atoms with Crippen molar-refractivity contribution in [3.8, 4) is 11.8 Å². The summed E-state index contributed by atoms with van der Waals surface area (Å²) in [5.41, 5.74) is 1.94. The SMILES string of the molecule is CC(C)=CC(=O)NCC#Cc1ccccc1. The van der Waals surface area contributed by atoms with Gasteiger partial charge in [0.25, 0.3) is 0 Å². The summed E-state index contributed by atoms with van der Waals surface area (Å²) in [6, 6.07) is 9.69. The molecule has 16 heavy (non-hydrogen) atoms. The van der Waals surface area contributed by atoms with E-state index in [0.29, 0.717) is 6.54 Å². The van der Waals surface area contributed by atoms with Crippen LogP contribution in [0.25, 0.3) is 0 Å². The van der Waals surface area contributed by atoms with Crippen LogP contribution in [0.3, 0.4) is 0 Å². The molecule has 1 aromatic carbocycles. The third kappa shape index (κ3) is 5.02. The van der Waals surface area contributed by atoms with Gasteiger partial charge in [0.1, 0.15) is 0 Å². The van der Waals surface area contributed by atoms with Crippen molar-refractivity contribution in [3.05, 3.63) is 47.5 Å². The van der Waals surface area contributed by atoms with Gasteiger partial charge in [0.2, 0.25) is 5.91 Å². The van der Waals surface area contributed by atoms with Gasteiger partial charge in [0.15, 0.2) is 0 Å². The molecule has 82 valence electrons. The average molecular weight is 213 g/mol. The first-order valence-corrected chi connectivity index (χ1v) is 5.15. The van der Waals surface area contributed by atoms with E-state index in [1.165, 1.54) is 0 Å². The van der Waals surface area contributed by atoms with Crippen molar-refractivity contribution >= 4 is 5.91 Å². The Labute approximate surface area is 96.4 Å². The van der Waals surface area contributed by atoms with Crippen molar-refractivity contribution in [2.75, 3.05) is 6.54 Å². The number of allylic oxidation sites excluding steroid dienone is 1. The Kier molecular flexibility index (Phi) is 4.88. The van der Waals surface area contributed by atoms with Gasteiger partial charge in [-0.1, -0.05) is 35.6 Å². The molecule has 0 fully saturated rings. The number of hydrogen-bond donors (Lipinski definition) is 1. The van der Waals surface area contributed by atoms with E-state index in [0.717, 1.165) is 11.1 Å². The zero-order valence-electron chi connectivity index (χ0n) is 9.58. The molecule has 1 amide bonds. The van der Waals surface area contributed by atoms with E-state index in [1.54, 1.807) is 6.08 Å². The number of carbonyl (C=O) groups is 1. The van der Waals surface area contributed by atoms with Crippen LogP contribution >= 0.6 is 0 Å². The molecule has 1 rings (SSSR count). The van der Waals surface area contributed by atoms with E-state index in [-0.39, 0.29) is 5.91 Å². The van der Waals surface area contributed by atoms with Gasteiger partial charge in [-0.2, -0.15) is 0 Å². The highest BCUT2D eigenvalue weighted by Gasteiger charge is 1.91. The van der Waals surface area contributed by atoms with Crippen LogP contribution < -0.4 is 5.32 Å². The van der Waals surface area contributed by atoms with E-state index in [2.05, 4.69) is 17.2 Å². The lowest BCUT2D eigenvalue weighted by Gasteiger charge is -1.95. The lowest BCUT2D eigenvalue weighted by Crippen LogP contribution is -2.21. The lowest BCUT2D eigenvalue weighted by molar-refractivity contribution is -0.116. The molecule has 0 unspecified atom stereocenters. The Morgan fingerprint density at radius 3 is 2.62 bits per heavy atom. The van der Waals surface area contributed by atoms with Crippen molar-refractivity contribution in [2.24, 2.45) is 0 Å². The molecule has 2 nitrogen and oxygen atoms in total. The maximum atomic E-state index is 11.2. The van der Waals surface area contributed by atoms with Gasteiger partial charge in [0, 0.05) is 11.6 Å². The summed E-state index contributed by atoms with van der Waals surface area (Å²) >= 11 is 0. The fourth-order valence-electron chi connectivity index (χ4n) is 1.11. The van der Waals surface area contributed by atoms with Gasteiger partial charge in [-0.05, 0) is 26.0 Å². The van der Waals surface area contributed by atoms with Gasteiger partial charge in [-0.15, -0.1) is 0 Å². The Balaban J connectivity index is 2.40. The van der Waals surface area contributed by atoms with Crippen LogP contribution in [0, 0.1) is 11.8 Å². The normalized spacial score (nSPS) is 8.62. The third-order valence-corrected chi connectivity index (χ3v) is 1.78. The van der Waals surface area contributed by atoms with E-state index in [1.807, 2.05) is 44.2 Å². The van der Waals surface area contributed by atoms with Gasteiger partial charge >= 0.3 is 0 Å². The van der Waals surface area contributed by atoms with Crippen molar-refractivity contribution in [3.63, 3.8) is 0 Å². The first-order valence-electron chi connectivity index (χ1n) is 5.15. The van der Waals surface area contributed by atoms with Crippen molar-refractivity contribution in [1.29, 1.82) is 0 Å². The molecule has 0 aliphatic heterocycles. The van der Waals surface area contributed by atoms with E-state index >= 15 is 0 Å². The second-order valence-corrected chi connectivity index (χ2v) is 3.61. The molecule has 0 aliphatic carbocycles. The summed E-state index contributed by atoms with van der Waals surface area (Å²) < 4.78 is 0. The molecule has 0 radical (unpaired) electrons. The number of nitrogens with one attached hydrogen (secondary N) is 1. The standard InChI is InChI=1S/C14H15NO/c1-12(2)11-14(16)15-10-6-9-13-7-4-3-5-8-13/h3-5,7-8,11H,10H2,1-2H3,(H,15,16). The third-order valence-electron chi connectivity index (χ3n) is 1.78. The Bertz CT molecular complexity index is 431. The zero-order valence-corrected chi connectivity index (χ0v) is 9.58. The molecule has 0 atom stereocenters. The summed E-state index contributed by atoms with van der Waals surface area (Å²) in [5.74, 6) is 5.77. The monoisotopic (exact) mass is 213 g/mol. The maximum absolute atomic E-state index is 11.2. The molecular formula is C14H15NO. The van der Waals surface area contributed by atoms with Gasteiger partial charge in [-0.25, -0.2) is 0 Å². The number of benzene rings is 1. The first kappa shape index (κ1) is 12.1. The molecule has 0 spiro atoms. The lowest BCUT2D eigenvalue weighted by atomic mass is 10.2. The Morgan fingerprint density at radius 1 is 1.31 bits per heavy atom. The summed E-state index contributed by atoms with van der Waals surface area (Å²) in [5, 5.41) is 2.70. The Morgan fingerprint density at radius 2 is 2.00 bits per heavy atom. The van der Waals surface area contributed by atoms with E-state index in [4.69, 9.17) is 0 Å². The van der Waals surface area contributed by atoms with Crippen LogP contribution in [0.4, 0.5) is 0 Å². The number of rotatable bonds is 2. The van der Waals surface area contributed by atoms with Crippen LogP contribution in [-0.2, 0) is 4.79 Å². The quantitative estimate of drug-likeness (QED) is 0.591. The number of amides is 1. The fourth-order valence-corrected chi connectivity index (χ4v) is 1.11. The van der Waals surface area contributed by atoms with Crippen LogP contribution in [0.2, 0.25) is 0 Å². The Hall–Kier alpha value is -2.01. The molecule has 1 N–H and O–H groups in total. The number of hydrogen-bond acceptors (Lipinski definition) is 1. The minimum absolute atomic E-state index is 0.0950.